The topological polar surface area (TPSA) is 66.0 Å². The first-order chi connectivity index (χ1) is 9.97. The van der Waals surface area contributed by atoms with E-state index >= 15 is 0 Å². The van der Waals surface area contributed by atoms with Gasteiger partial charge >= 0.3 is 0 Å². The molecule has 1 aromatic carbocycles. The lowest BCUT2D eigenvalue weighted by Gasteiger charge is -2.18. The Hall–Kier alpha value is -1.40. The molecule has 0 fully saturated rings. The fourth-order valence-corrected chi connectivity index (χ4v) is 2.29. The summed E-state index contributed by atoms with van der Waals surface area (Å²) in [4.78, 5) is 24.7. The summed E-state index contributed by atoms with van der Waals surface area (Å²) in [5, 5.41) is 4.53. The van der Waals surface area contributed by atoms with Crippen molar-refractivity contribution in [3.63, 3.8) is 0 Å². The quantitative estimate of drug-likeness (QED) is 0.753. The first-order valence-corrected chi connectivity index (χ1v) is 7.80. The molecule has 1 atom stereocenters. The van der Waals surface area contributed by atoms with Crippen molar-refractivity contribution in [3.8, 4) is 0 Å². The number of benzene rings is 1. The largest absolute Gasteiger partial charge is 0.358 e. The average Bonchev–Trinajstić information content (AvgIpc) is 2.48. The number of nitrogens with two attached hydrogens (primary N) is 1. The minimum Gasteiger partial charge on any atom is -0.358 e. The second-order valence-electron chi connectivity index (χ2n) is 4.93. The fourth-order valence-electron chi connectivity index (χ4n) is 2.03. The molecule has 0 heterocycles. The maximum absolute atomic E-state index is 12.0. The van der Waals surface area contributed by atoms with Crippen LogP contribution >= 0.6 is 15.9 Å². The van der Waals surface area contributed by atoms with Crippen molar-refractivity contribution in [1.82, 2.24) is 10.2 Å². The molecule has 0 saturated carbocycles. The van der Waals surface area contributed by atoms with Crippen molar-refractivity contribution in [2.75, 3.05) is 27.2 Å². The predicted molar refractivity (Wildman–Crippen MR) is 85.7 cm³/mol. The highest BCUT2D eigenvalue weighted by atomic mass is 79.9. The van der Waals surface area contributed by atoms with Gasteiger partial charge in [0.05, 0.1) is 6.54 Å². The first-order valence-electron chi connectivity index (χ1n) is 7.01. The van der Waals surface area contributed by atoms with Crippen LogP contribution in [-0.4, -0.2) is 43.9 Å². The average molecular weight is 357 g/mol. The van der Waals surface area contributed by atoms with Crippen LogP contribution in [0.3, 0.4) is 0 Å². The second-order valence-corrected chi connectivity index (χ2v) is 5.84. The summed E-state index contributed by atoms with van der Waals surface area (Å²) in [6, 6.07) is 8.38. The van der Waals surface area contributed by atoms with Crippen molar-refractivity contribution < 1.29 is 14.9 Å². The molecule has 0 aromatic heterocycles. The third kappa shape index (κ3) is 5.85. The van der Waals surface area contributed by atoms with E-state index < -0.39 is 0 Å². The third-order valence-electron chi connectivity index (χ3n) is 3.40. The Bertz CT molecular complexity index is 476. The summed E-state index contributed by atoms with van der Waals surface area (Å²) in [7, 11) is 3.21. The number of nitrogens with zero attached hydrogens (tertiary/aromatic N) is 1. The lowest BCUT2D eigenvalue weighted by atomic mass is 10.0. The molecular weight excluding hydrogens is 334 g/mol. The van der Waals surface area contributed by atoms with E-state index in [1.165, 1.54) is 10.5 Å². The van der Waals surface area contributed by atoms with E-state index in [1.54, 1.807) is 14.1 Å². The molecule has 1 aromatic rings. The molecule has 116 valence electrons. The van der Waals surface area contributed by atoms with Gasteiger partial charge < -0.3 is 15.5 Å². The zero-order valence-electron chi connectivity index (χ0n) is 12.7. The van der Waals surface area contributed by atoms with Crippen molar-refractivity contribution in [3.05, 3.63) is 34.3 Å². The normalized spacial score (nSPS) is 11.8. The predicted octanol–water partition coefficient (Wildman–Crippen LogP) is 0.668. The second kappa shape index (κ2) is 8.79. The van der Waals surface area contributed by atoms with Gasteiger partial charge in [-0.3, -0.25) is 9.59 Å². The summed E-state index contributed by atoms with van der Waals surface area (Å²) < 4.78 is 1.04. The van der Waals surface area contributed by atoms with Crippen LogP contribution in [0, 0.1) is 0 Å². The fraction of sp³-hybridized carbons (Fsp3) is 0.467. The van der Waals surface area contributed by atoms with Crippen LogP contribution in [0.15, 0.2) is 28.7 Å². The zero-order chi connectivity index (χ0) is 15.8. The first kappa shape index (κ1) is 17.7. The molecule has 6 heteroatoms. The molecule has 0 aliphatic heterocycles. The highest BCUT2D eigenvalue weighted by Gasteiger charge is 2.18. The summed E-state index contributed by atoms with van der Waals surface area (Å²) in [6.07, 6.45) is 0.939. The smallest absolute Gasteiger partial charge is 0.277 e. The Labute approximate surface area is 134 Å². The van der Waals surface area contributed by atoms with Crippen molar-refractivity contribution in [1.29, 1.82) is 0 Å². The minimum atomic E-state index is -0.161. The van der Waals surface area contributed by atoms with Crippen LogP contribution in [0.1, 0.15) is 24.9 Å². The molecule has 0 aliphatic rings. The van der Waals surface area contributed by atoms with E-state index in [9.17, 15) is 9.59 Å². The van der Waals surface area contributed by atoms with Crippen LogP contribution in [0.4, 0.5) is 0 Å². The van der Waals surface area contributed by atoms with Gasteiger partial charge in [0.15, 0.2) is 6.54 Å². The summed E-state index contributed by atoms with van der Waals surface area (Å²) >= 11 is 3.42. The van der Waals surface area contributed by atoms with E-state index in [1.807, 2.05) is 17.4 Å². The zero-order valence-corrected chi connectivity index (χ0v) is 14.3. The SMILES string of the molecule is CC[C@H]([NH2+]CC(=O)N(C)CC(=O)NC)c1ccc(Br)cc1. The summed E-state index contributed by atoms with van der Waals surface area (Å²) in [6.45, 7) is 2.53. The monoisotopic (exact) mass is 356 g/mol. The van der Waals surface area contributed by atoms with Crippen LogP contribution in [0.2, 0.25) is 0 Å². The maximum atomic E-state index is 12.0. The number of nitrogens with one attached hydrogen (secondary N) is 1. The Morgan fingerprint density at radius 2 is 1.95 bits per heavy atom. The van der Waals surface area contributed by atoms with E-state index in [-0.39, 0.29) is 24.4 Å². The molecule has 0 unspecified atom stereocenters. The van der Waals surface area contributed by atoms with E-state index in [2.05, 4.69) is 40.3 Å². The van der Waals surface area contributed by atoms with Gasteiger partial charge in [0.25, 0.3) is 5.91 Å². The highest BCUT2D eigenvalue weighted by Crippen LogP contribution is 2.16. The van der Waals surface area contributed by atoms with Gasteiger partial charge in [-0.25, -0.2) is 0 Å². The Balaban J connectivity index is 2.53. The van der Waals surface area contributed by atoms with Gasteiger partial charge in [0.2, 0.25) is 5.91 Å². The Kier molecular flexibility index (Phi) is 7.39. The molecule has 5 nitrogen and oxygen atoms in total. The lowest BCUT2D eigenvalue weighted by molar-refractivity contribution is -0.686. The van der Waals surface area contributed by atoms with Crippen LogP contribution in [0.5, 0.6) is 0 Å². The number of halogens is 1. The standard InChI is InChI=1S/C15H22BrN3O2/c1-4-13(11-5-7-12(16)8-6-11)18-9-15(21)19(3)10-14(20)17-2/h5-8,13,18H,4,9-10H2,1-3H3,(H,17,20)/p+1/t13-/m0/s1. The van der Waals surface area contributed by atoms with Crippen LogP contribution in [-0.2, 0) is 9.59 Å². The number of likely N-dealkylation sites (N-methyl/N-ethyl adjacent to an activating group) is 2. The summed E-state index contributed by atoms with van der Waals surface area (Å²) in [5.41, 5.74) is 1.20. The Morgan fingerprint density at radius 1 is 1.33 bits per heavy atom. The number of hydrogen-bond acceptors (Lipinski definition) is 2. The lowest BCUT2D eigenvalue weighted by Crippen LogP contribution is -2.87. The molecule has 2 amide bonds. The van der Waals surface area contributed by atoms with Gasteiger partial charge in [0, 0.05) is 30.6 Å². The number of carbonyl (C=O) groups excluding carboxylic acids is 2. The number of rotatable bonds is 7. The summed E-state index contributed by atoms with van der Waals surface area (Å²) in [5.74, 6) is -0.208. The van der Waals surface area contributed by atoms with E-state index in [4.69, 9.17) is 0 Å². The highest BCUT2D eigenvalue weighted by molar-refractivity contribution is 9.10. The van der Waals surface area contributed by atoms with Crippen molar-refractivity contribution in [2.24, 2.45) is 0 Å². The van der Waals surface area contributed by atoms with Crippen molar-refractivity contribution >= 4 is 27.7 Å². The van der Waals surface area contributed by atoms with Gasteiger partial charge in [-0.05, 0) is 12.1 Å². The van der Waals surface area contributed by atoms with Gasteiger partial charge in [-0.1, -0.05) is 35.0 Å². The van der Waals surface area contributed by atoms with Gasteiger partial charge in [-0.15, -0.1) is 0 Å². The molecule has 0 bridgehead atoms. The van der Waals surface area contributed by atoms with Crippen molar-refractivity contribution in [2.45, 2.75) is 19.4 Å². The van der Waals surface area contributed by atoms with Crippen LogP contribution < -0.4 is 10.6 Å². The minimum absolute atomic E-state index is 0.0471. The molecule has 21 heavy (non-hydrogen) atoms. The van der Waals surface area contributed by atoms with Gasteiger partial charge in [0.1, 0.15) is 6.04 Å². The molecule has 0 radical (unpaired) electrons. The molecular formula is C15H23BrN3O2+. The van der Waals surface area contributed by atoms with Gasteiger partial charge in [-0.2, -0.15) is 0 Å². The molecule has 1 rings (SSSR count). The van der Waals surface area contributed by atoms with E-state index in [0.29, 0.717) is 6.54 Å². The van der Waals surface area contributed by atoms with E-state index in [0.717, 1.165) is 10.9 Å². The van der Waals surface area contributed by atoms with Crippen LogP contribution in [0.25, 0.3) is 0 Å². The number of amides is 2. The maximum Gasteiger partial charge on any atom is 0.277 e. The third-order valence-corrected chi connectivity index (χ3v) is 3.93. The molecule has 3 N–H and O–H groups in total. The molecule has 0 aliphatic carbocycles. The Morgan fingerprint density at radius 3 is 2.48 bits per heavy atom. The number of carbonyl (C=O) groups is 2. The molecule has 0 spiro atoms. The number of quaternary nitrogens is 1. The number of hydrogen-bond donors (Lipinski definition) is 2. The molecule has 0 saturated heterocycles.